The first-order chi connectivity index (χ1) is 8.79. The summed E-state index contributed by atoms with van der Waals surface area (Å²) in [5.74, 6) is 0.921. The zero-order valence-corrected chi connectivity index (χ0v) is 11.4. The van der Waals surface area contributed by atoms with E-state index in [4.69, 9.17) is 4.74 Å². The van der Waals surface area contributed by atoms with Crippen molar-refractivity contribution in [2.75, 3.05) is 20.2 Å². The van der Waals surface area contributed by atoms with Gasteiger partial charge >= 0.3 is 0 Å². The maximum atomic E-state index is 5.19. The third-order valence-electron chi connectivity index (χ3n) is 3.68. The minimum atomic E-state index is 0.402. The van der Waals surface area contributed by atoms with Gasteiger partial charge in [0.25, 0.3) is 0 Å². The van der Waals surface area contributed by atoms with Crippen LogP contribution in [0.15, 0.2) is 24.3 Å². The van der Waals surface area contributed by atoms with Crippen LogP contribution in [0.4, 0.5) is 0 Å². The van der Waals surface area contributed by atoms with Crippen molar-refractivity contribution in [2.45, 2.75) is 38.3 Å². The van der Waals surface area contributed by atoms with Gasteiger partial charge in [0.2, 0.25) is 0 Å². The molecule has 0 radical (unpaired) electrons. The molecule has 3 nitrogen and oxygen atoms in total. The van der Waals surface area contributed by atoms with E-state index in [0.717, 1.165) is 18.8 Å². The molecule has 1 aromatic rings. The van der Waals surface area contributed by atoms with Gasteiger partial charge in [-0.1, -0.05) is 12.1 Å². The molecule has 1 aromatic carbocycles. The van der Waals surface area contributed by atoms with E-state index in [0.29, 0.717) is 12.1 Å². The zero-order chi connectivity index (χ0) is 12.8. The first-order valence-corrected chi connectivity index (χ1v) is 6.90. The molecule has 2 rings (SSSR count). The molecule has 100 valence electrons. The fourth-order valence-electron chi connectivity index (χ4n) is 2.53. The summed E-state index contributed by atoms with van der Waals surface area (Å²) in [4.78, 5) is 0. The van der Waals surface area contributed by atoms with Crippen LogP contribution >= 0.6 is 0 Å². The van der Waals surface area contributed by atoms with E-state index in [1.165, 1.54) is 24.8 Å². The van der Waals surface area contributed by atoms with Crippen molar-refractivity contribution in [1.29, 1.82) is 0 Å². The van der Waals surface area contributed by atoms with Crippen LogP contribution in [0.1, 0.15) is 37.8 Å². The van der Waals surface area contributed by atoms with Gasteiger partial charge in [-0.05, 0) is 57.0 Å². The Balaban J connectivity index is 1.90. The maximum Gasteiger partial charge on any atom is 0.118 e. The van der Waals surface area contributed by atoms with Crippen molar-refractivity contribution in [1.82, 2.24) is 10.6 Å². The maximum absolute atomic E-state index is 5.19. The number of ether oxygens (including phenoxy) is 1. The summed E-state index contributed by atoms with van der Waals surface area (Å²) < 4.78 is 5.19. The summed E-state index contributed by atoms with van der Waals surface area (Å²) in [5.41, 5.74) is 1.33. The predicted octanol–water partition coefficient (Wildman–Crippen LogP) is 2.49. The Kier molecular flexibility index (Phi) is 5.02. The number of nitrogens with one attached hydrogen (secondary N) is 2. The smallest absolute Gasteiger partial charge is 0.118 e. The fourth-order valence-corrected chi connectivity index (χ4v) is 2.53. The molecule has 0 amide bonds. The average Bonchev–Trinajstić information content (AvgIpc) is 2.67. The Labute approximate surface area is 110 Å². The van der Waals surface area contributed by atoms with Gasteiger partial charge < -0.3 is 15.4 Å². The quantitative estimate of drug-likeness (QED) is 0.859. The van der Waals surface area contributed by atoms with Crippen molar-refractivity contribution in [2.24, 2.45) is 0 Å². The van der Waals surface area contributed by atoms with Crippen LogP contribution in [-0.4, -0.2) is 26.2 Å². The number of rotatable bonds is 4. The molecular weight excluding hydrogens is 224 g/mol. The molecule has 2 N–H and O–H groups in total. The van der Waals surface area contributed by atoms with Crippen molar-refractivity contribution in [3.8, 4) is 5.75 Å². The highest BCUT2D eigenvalue weighted by Gasteiger charge is 2.15. The lowest BCUT2D eigenvalue weighted by molar-refractivity contribution is 0.411. The first-order valence-electron chi connectivity index (χ1n) is 6.90. The summed E-state index contributed by atoms with van der Waals surface area (Å²) in [6.07, 6.45) is 3.76. The van der Waals surface area contributed by atoms with Crippen LogP contribution in [-0.2, 0) is 0 Å². The molecule has 2 atom stereocenters. The van der Waals surface area contributed by atoms with Gasteiger partial charge in [0, 0.05) is 12.1 Å². The Morgan fingerprint density at radius 1 is 1.22 bits per heavy atom. The lowest BCUT2D eigenvalue weighted by Crippen LogP contribution is -2.32. The highest BCUT2D eigenvalue weighted by molar-refractivity contribution is 5.28. The Morgan fingerprint density at radius 2 is 2.00 bits per heavy atom. The lowest BCUT2D eigenvalue weighted by atomic mass is 10.0. The third kappa shape index (κ3) is 3.72. The normalized spacial score (nSPS) is 22.2. The number of hydrogen-bond acceptors (Lipinski definition) is 3. The van der Waals surface area contributed by atoms with Gasteiger partial charge in [-0.3, -0.25) is 0 Å². The molecule has 18 heavy (non-hydrogen) atoms. The summed E-state index contributed by atoms with van der Waals surface area (Å²) in [7, 11) is 1.70. The van der Waals surface area contributed by atoms with Gasteiger partial charge in [0.15, 0.2) is 0 Å². The third-order valence-corrected chi connectivity index (χ3v) is 3.68. The second-order valence-corrected chi connectivity index (χ2v) is 5.04. The van der Waals surface area contributed by atoms with E-state index in [9.17, 15) is 0 Å². The Bertz CT molecular complexity index is 342. The van der Waals surface area contributed by atoms with Crippen molar-refractivity contribution >= 4 is 0 Å². The zero-order valence-electron chi connectivity index (χ0n) is 11.4. The molecule has 0 spiro atoms. The average molecular weight is 248 g/mol. The van der Waals surface area contributed by atoms with E-state index in [2.05, 4.69) is 29.7 Å². The van der Waals surface area contributed by atoms with Crippen LogP contribution in [0.2, 0.25) is 0 Å². The molecule has 1 heterocycles. The summed E-state index contributed by atoms with van der Waals surface area (Å²) in [5, 5.41) is 7.18. The van der Waals surface area contributed by atoms with E-state index < -0.39 is 0 Å². The van der Waals surface area contributed by atoms with Crippen LogP contribution in [0, 0.1) is 0 Å². The minimum absolute atomic E-state index is 0.402. The summed E-state index contributed by atoms with van der Waals surface area (Å²) >= 11 is 0. The topological polar surface area (TPSA) is 33.3 Å². The molecule has 1 fully saturated rings. The Morgan fingerprint density at radius 3 is 2.72 bits per heavy atom. The van der Waals surface area contributed by atoms with Crippen molar-refractivity contribution in [3.63, 3.8) is 0 Å². The SMILES string of the molecule is COc1ccc([C@@H](C)NC2CCCNCC2)cc1. The van der Waals surface area contributed by atoms with Crippen LogP contribution < -0.4 is 15.4 Å². The van der Waals surface area contributed by atoms with E-state index in [1.54, 1.807) is 7.11 Å². The predicted molar refractivity (Wildman–Crippen MR) is 75.1 cm³/mol. The number of methoxy groups -OCH3 is 1. The lowest BCUT2D eigenvalue weighted by Gasteiger charge is -2.22. The molecule has 0 saturated carbocycles. The van der Waals surface area contributed by atoms with Crippen LogP contribution in [0.5, 0.6) is 5.75 Å². The van der Waals surface area contributed by atoms with E-state index in [1.807, 2.05) is 12.1 Å². The second-order valence-electron chi connectivity index (χ2n) is 5.04. The molecule has 0 aliphatic carbocycles. The van der Waals surface area contributed by atoms with E-state index >= 15 is 0 Å². The van der Waals surface area contributed by atoms with Gasteiger partial charge in [-0.25, -0.2) is 0 Å². The molecular formula is C15H24N2O. The molecule has 1 aliphatic rings. The summed E-state index contributed by atoms with van der Waals surface area (Å²) in [6.45, 7) is 4.53. The molecule has 0 aromatic heterocycles. The van der Waals surface area contributed by atoms with Crippen molar-refractivity contribution < 1.29 is 4.74 Å². The molecule has 1 unspecified atom stereocenters. The molecule has 0 bridgehead atoms. The molecule has 3 heteroatoms. The second kappa shape index (κ2) is 6.76. The van der Waals surface area contributed by atoms with Crippen LogP contribution in [0.3, 0.4) is 0 Å². The molecule has 1 saturated heterocycles. The van der Waals surface area contributed by atoms with Gasteiger partial charge in [0.05, 0.1) is 7.11 Å². The Hall–Kier alpha value is -1.06. The van der Waals surface area contributed by atoms with Gasteiger partial charge in [-0.2, -0.15) is 0 Å². The van der Waals surface area contributed by atoms with Crippen molar-refractivity contribution in [3.05, 3.63) is 29.8 Å². The van der Waals surface area contributed by atoms with E-state index in [-0.39, 0.29) is 0 Å². The monoisotopic (exact) mass is 248 g/mol. The van der Waals surface area contributed by atoms with Crippen LogP contribution in [0.25, 0.3) is 0 Å². The minimum Gasteiger partial charge on any atom is -0.497 e. The largest absolute Gasteiger partial charge is 0.497 e. The standard InChI is InChI=1S/C15H24N2O/c1-12(13-5-7-15(18-2)8-6-13)17-14-4-3-10-16-11-9-14/h5-8,12,14,16-17H,3-4,9-11H2,1-2H3/t12-,14?/m1/s1. The highest BCUT2D eigenvalue weighted by Crippen LogP contribution is 2.19. The van der Waals surface area contributed by atoms with Gasteiger partial charge in [-0.15, -0.1) is 0 Å². The van der Waals surface area contributed by atoms with Gasteiger partial charge in [0.1, 0.15) is 5.75 Å². The fraction of sp³-hybridized carbons (Fsp3) is 0.600. The summed E-state index contributed by atoms with van der Waals surface area (Å²) in [6, 6.07) is 9.39. The number of hydrogen-bond donors (Lipinski definition) is 2. The number of benzene rings is 1. The first kappa shape index (κ1) is 13.4. The molecule has 1 aliphatic heterocycles. The highest BCUT2D eigenvalue weighted by atomic mass is 16.5.